The van der Waals surface area contributed by atoms with Gasteiger partial charge in [0.1, 0.15) is 60.0 Å². The number of aromatic hydroxyl groups is 2. The maximum absolute atomic E-state index is 15.1. The number of ether oxygens (including phenoxy) is 12. The van der Waals surface area contributed by atoms with Crippen LogP contribution in [0.15, 0.2) is 12.1 Å². The number of Topliss-reactive ketones (excluding diaryl/α,β-unsaturated/α-hetero) is 2. The third-order valence-corrected chi connectivity index (χ3v) is 16.6. The molecule has 0 unspecified atom stereocenters. The van der Waals surface area contributed by atoms with Crippen molar-refractivity contribution in [1.82, 2.24) is 0 Å². The Kier molecular flexibility index (Phi) is 20.1. The van der Waals surface area contributed by atoms with Gasteiger partial charge in [-0.3, -0.25) is 14.4 Å². The highest BCUT2D eigenvalue weighted by atomic mass is 16.7. The van der Waals surface area contributed by atoms with Gasteiger partial charge in [-0.25, -0.2) is 0 Å². The summed E-state index contributed by atoms with van der Waals surface area (Å²) in [6.07, 6.45) is -26.4. The highest BCUT2D eigenvalue weighted by Crippen LogP contribution is 2.48. The molecule has 5 heterocycles. The first-order valence-corrected chi connectivity index (χ1v) is 28.0. The zero-order chi connectivity index (χ0) is 59.3. The predicted octanol–water partition coefficient (Wildman–Crippen LogP) is 1.10. The Hall–Kier alpha value is -3.81. The number of aliphatic hydroxyl groups excluding tert-OH is 7. The molecule has 25 heteroatoms. The fraction of sp³-hybridized carbons (Fsp3) is 0.768. The number of carbonyl (C=O) groups excluding carboxylic acids is 3. The van der Waals surface area contributed by atoms with Gasteiger partial charge in [-0.05, 0) is 91.3 Å². The minimum atomic E-state index is -1.96. The molecule has 456 valence electrons. The van der Waals surface area contributed by atoms with Gasteiger partial charge in [-0.1, -0.05) is 6.92 Å². The molecular formula is C56H82O25. The van der Waals surface area contributed by atoms with E-state index in [1.165, 1.54) is 46.9 Å². The van der Waals surface area contributed by atoms with Crippen LogP contribution in [0.1, 0.15) is 122 Å². The summed E-state index contributed by atoms with van der Waals surface area (Å²) in [7, 11) is 1.18. The van der Waals surface area contributed by atoms with Gasteiger partial charge in [-0.15, -0.1) is 0 Å². The molecule has 2 aromatic rings. The maximum Gasteiger partial charge on any atom is 0.306 e. The normalized spacial score (nSPS) is 40.5. The van der Waals surface area contributed by atoms with Crippen molar-refractivity contribution in [2.24, 2.45) is 5.92 Å². The standard InChI is InChI=1S/C56H82O25/c1-11-12-36(59)80-52-26(7)74-37(16-31(52)58)77-33-17-38(71-23(4)46(33)62)76-32-15-29-13-28-14-30(53(70-10)51(67)45(61)22(3)57)54(50(66)43(28)49(65)42(29)44(60)21(32)2)81-40-19-34(47(63)25(6)73-40)78-39-18-35(48(64)24(5)72-39)79-41-20-56(9,69)55(68)27(8)75-41/h13,15,22-27,30-31,33-35,37-41,45-48,52-55,57-58,60-65,68-69H,11-12,14,16-20H2,1-10H3/t22-,23-,24-,25-,26-,27-,30+,31-,33-,34-,35-,37+,38+,39+,40+,41+,45+,46-,47-,48+,52-,53+,54+,55-,56+/m1/s1. The zero-order valence-electron chi connectivity index (χ0n) is 47.3. The number of aliphatic hydroxyl groups is 8. The van der Waals surface area contributed by atoms with Crippen LogP contribution in [0.2, 0.25) is 0 Å². The highest BCUT2D eigenvalue weighted by Gasteiger charge is 2.52. The molecule has 25 nitrogen and oxygen atoms in total. The predicted molar refractivity (Wildman–Crippen MR) is 277 cm³/mol. The van der Waals surface area contributed by atoms with Gasteiger partial charge < -0.3 is 108 Å². The minimum Gasteiger partial charge on any atom is -0.507 e. The molecule has 0 saturated carbocycles. The van der Waals surface area contributed by atoms with Crippen molar-refractivity contribution in [1.29, 1.82) is 0 Å². The number of esters is 1. The molecule has 0 amide bonds. The van der Waals surface area contributed by atoms with E-state index in [9.17, 15) is 60.7 Å². The van der Waals surface area contributed by atoms with Crippen LogP contribution >= 0.6 is 0 Å². The second-order valence-corrected chi connectivity index (χ2v) is 22.9. The number of methoxy groups -OCH3 is 1. The summed E-state index contributed by atoms with van der Waals surface area (Å²) in [5.74, 6) is -4.58. The van der Waals surface area contributed by atoms with Crippen LogP contribution in [0.25, 0.3) is 10.8 Å². The third-order valence-electron chi connectivity index (χ3n) is 16.6. The van der Waals surface area contributed by atoms with Crippen LogP contribution in [-0.4, -0.2) is 223 Å². The van der Waals surface area contributed by atoms with E-state index >= 15 is 4.79 Å². The molecule has 81 heavy (non-hydrogen) atoms. The molecule has 5 fully saturated rings. The molecule has 5 aliphatic heterocycles. The number of phenolic OH excluding ortho intramolecular Hbond substituents is 2. The van der Waals surface area contributed by atoms with Crippen LogP contribution in [0.5, 0.6) is 17.2 Å². The van der Waals surface area contributed by atoms with Crippen LogP contribution in [0.4, 0.5) is 0 Å². The van der Waals surface area contributed by atoms with E-state index in [2.05, 4.69) is 0 Å². The van der Waals surface area contributed by atoms with E-state index in [1.54, 1.807) is 27.7 Å². The van der Waals surface area contributed by atoms with E-state index in [4.69, 9.17) is 56.8 Å². The van der Waals surface area contributed by atoms with Crippen molar-refractivity contribution >= 4 is 28.3 Å². The fourth-order valence-corrected chi connectivity index (χ4v) is 11.9. The average molecular weight is 1160 g/mol. The molecule has 1 aliphatic carbocycles. The van der Waals surface area contributed by atoms with E-state index in [-0.39, 0.29) is 78.2 Å². The van der Waals surface area contributed by atoms with Crippen LogP contribution < -0.4 is 4.74 Å². The number of rotatable bonds is 18. The highest BCUT2D eigenvalue weighted by molar-refractivity contribution is 6.11. The lowest BCUT2D eigenvalue weighted by molar-refractivity contribution is -0.334. The van der Waals surface area contributed by atoms with Crippen molar-refractivity contribution in [3.8, 4) is 17.2 Å². The Balaban J connectivity index is 1.02. The summed E-state index contributed by atoms with van der Waals surface area (Å²) in [6.45, 7) is 14.0. The summed E-state index contributed by atoms with van der Waals surface area (Å²) >= 11 is 0. The summed E-state index contributed by atoms with van der Waals surface area (Å²) < 4.78 is 72.5. The lowest BCUT2D eigenvalue weighted by Gasteiger charge is -2.46. The quantitative estimate of drug-likeness (QED) is 0.0934. The average Bonchev–Trinajstić information content (AvgIpc) is 3.60. The van der Waals surface area contributed by atoms with Gasteiger partial charge in [0.2, 0.25) is 6.29 Å². The zero-order valence-corrected chi connectivity index (χ0v) is 47.3. The van der Waals surface area contributed by atoms with E-state index in [0.717, 1.165) is 0 Å². The van der Waals surface area contributed by atoms with Gasteiger partial charge in [0.05, 0.1) is 77.6 Å². The lowest BCUT2D eigenvalue weighted by atomic mass is 9.75. The van der Waals surface area contributed by atoms with Crippen molar-refractivity contribution in [3.05, 3.63) is 28.8 Å². The summed E-state index contributed by atoms with van der Waals surface area (Å²) in [5, 5.41) is 111. The molecule has 8 rings (SSSR count). The van der Waals surface area contributed by atoms with Crippen molar-refractivity contribution < 1.29 is 122 Å². The molecule has 5 saturated heterocycles. The van der Waals surface area contributed by atoms with Gasteiger partial charge in [0.25, 0.3) is 0 Å². The SMILES string of the molecule is CCCC(=O)O[C@H]1[C@H](O)C[C@H](O[C@@H]2C[C@H](Oc3cc4cc5c(c(O)c4c(O)c3C)C(=O)[C@@H](O[C@H]3C[C@@H](O[C@H]4C[C@@H](O[C@H]6C[C@](C)(O)[C@H](O)[C@@H](C)O6)[C@@H](O)[C@@H](C)O4)[C@H](O)[C@@H](C)O3)[C@H]([C@H](OC)C(=O)[C@@H](O)[C@@H](C)O)C5)O[C@H](C)[C@H]2O)O[C@@H]1C. The molecule has 0 bridgehead atoms. The molecule has 10 N–H and O–H groups in total. The van der Waals surface area contributed by atoms with Crippen molar-refractivity contribution in [2.75, 3.05) is 7.11 Å². The molecule has 0 spiro atoms. The Morgan fingerprint density at radius 1 is 0.728 bits per heavy atom. The van der Waals surface area contributed by atoms with Gasteiger partial charge >= 0.3 is 5.97 Å². The second kappa shape index (κ2) is 25.8. The topological polar surface area (TPSA) is 364 Å². The number of benzene rings is 2. The number of fused-ring (bicyclic) bond motifs is 2. The molecule has 25 atom stereocenters. The van der Waals surface area contributed by atoms with Crippen LogP contribution in [0.3, 0.4) is 0 Å². The van der Waals surface area contributed by atoms with E-state index in [0.29, 0.717) is 6.42 Å². The Morgan fingerprint density at radius 3 is 1.79 bits per heavy atom. The van der Waals surface area contributed by atoms with E-state index < -0.39 is 182 Å². The van der Waals surface area contributed by atoms with Crippen molar-refractivity contribution in [2.45, 2.75) is 261 Å². The molecule has 2 aromatic carbocycles. The summed E-state index contributed by atoms with van der Waals surface area (Å²) in [4.78, 5) is 41.2. The smallest absolute Gasteiger partial charge is 0.306 e. The Labute approximate surface area is 469 Å². The van der Waals surface area contributed by atoms with Gasteiger partial charge in [0, 0.05) is 57.1 Å². The van der Waals surface area contributed by atoms with Gasteiger partial charge in [-0.2, -0.15) is 0 Å². The summed E-state index contributed by atoms with van der Waals surface area (Å²) in [5.41, 5.74) is -1.50. The summed E-state index contributed by atoms with van der Waals surface area (Å²) in [6, 6.07) is 3.03. The fourth-order valence-electron chi connectivity index (χ4n) is 11.9. The number of ketones is 2. The molecule has 6 aliphatic rings. The second-order valence-electron chi connectivity index (χ2n) is 22.9. The molecule has 0 radical (unpaired) electrons. The Bertz CT molecular complexity index is 2510. The largest absolute Gasteiger partial charge is 0.507 e. The first-order chi connectivity index (χ1) is 38.1. The first kappa shape index (κ1) is 63.2. The Morgan fingerprint density at radius 2 is 1.25 bits per heavy atom. The van der Waals surface area contributed by atoms with Crippen molar-refractivity contribution in [3.63, 3.8) is 0 Å². The number of hydrogen-bond acceptors (Lipinski definition) is 25. The van der Waals surface area contributed by atoms with Crippen LogP contribution in [0, 0.1) is 12.8 Å². The monoisotopic (exact) mass is 1150 g/mol. The number of phenols is 2. The minimum absolute atomic E-state index is 0.0579. The molecule has 0 aromatic heterocycles. The van der Waals surface area contributed by atoms with Crippen LogP contribution in [-0.2, 0) is 68.1 Å². The van der Waals surface area contributed by atoms with E-state index in [1.807, 2.05) is 6.92 Å². The number of carbonyl (C=O) groups is 3. The third kappa shape index (κ3) is 13.5. The maximum atomic E-state index is 15.1. The first-order valence-electron chi connectivity index (χ1n) is 28.0. The lowest BCUT2D eigenvalue weighted by Crippen LogP contribution is -2.58. The molecular weight excluding hydrogens is 1070 g/mol. The van der Waals surface area contributed by atoms with Gasteiger partial charge in [0.15, 0.2) is 42.8 Å². The number of hydrogen-bond donors (Lipinski definition) is 10.